The van der Waals surface area contributed by atoms with Gasteiger partial charge in [-0.1, -0.05) is 0 Å². The van der Waals surface area contributed by atoms with E-state index in [1.54, 1.807) is 59.2 Å². The molecule has 1 saturated heterocycles. The van der Waals surface area contributed by atoms with Crippen molar-refractivity contribution < 1.29 is 70.7 Å². The molecule has 0 unspecified atom stereocenters. The van der Waals surface area contributed by atoms with Crippen LogP contribution in [0.2, 0.25) is 0 Å². The first-order valence-electron chi connectivity index (χ1n) is 11.3. The molecule has 1 aromatic rings. The van der Waals surface area contributed by atoms with Crippen LogP contribution in [0, 0.1) is 0 Å². The third kappa shape index (κ3) is 9.70. The summed E-state index contributed by atoms with van der Waals surface area (Å²) in [6.45, 7) is 9.73. The second-order valence-electron chi connectivity index (χ2n) is 10.2. The molecule has 210 valence electrons. The van der Waals surface area contributed by atoms with Crippen molar-refractivity contribution in [2.75, 3.05) is 13.1 Å². The largest absolute Gasteiger partial charge is 1.00 e. The number of nitrogens with zero attached hydrogens (tertiary/aromatic N) is 4. The second-order valence-corrected chi connectivity index (χ2v) is 12.1. The van der Waals surface area contributed by atoms with E-state index in [0.717, 1.165) is 0 Å². The minimum atomic E-state index is -5.21. The molecule has 3 rings (SSSR count). The summed E-state index contributed by atoms with van der Waals surface area (Å²) in [5.41, 5.74) is -1.17. The van der Waals surface area contributed by atoms with Gasteiger partial charge in [0.1, 0.15) is 16.2 Å². The minimum absolute atomic E-state index is 0. The number of aliphatic imine (C=N–C) groups is 1. The molecule has 1 aromatic heterocycles. The van der Waals surface area contributed by atoms with Crippen LogP contribution in [-0.2, 0) is 24.2 Å². The van der Waals surface area contributed by atoms with Crippen molar-refractivity contribution >= 4 is 51.5 Å². The first-order chi connectivity index (χ1) is 17.4. The Bertz CT molecular complexity index is 1210. The molecule has 0 aliphatic carbocycles. The van der Waals surface area contributed by atoms with Crippen molar-refractivity contribution in [3.05, 3.63) is 22.7 Å². The molecular formula is C21H29N6NaO9S2. The molecule has 2 aliphatic heterocycles. The summed E-state index contributed by atoms with van der Waals surface area (Å²) in [5, 5.41) is 7.43. The number of guanidine groups is 1. The molecule has 3 heterocycles. The standard InChI is InChI=1S/C21H30N6O9S2.Na/c1-20(2,3)34-17(28)24-16(25-18(29)35-21(4,5)6)23-10-14-13(15-22-7-8-37-15)9-12-11-26(14)19(30)27(12)36-38(31,32)33;/h7-9,12,14H,10-11H2,1-6H3,(H,31,32,33)(H2,23,24,25,28,29);/q;+1/p-1/t12-,14-;/m1./s1. The molecular weight excluding hydrogens is 567 g/mol. The van der Waals surface area contributed by atoms with Gasteiger partial charge in [0.15, 0.2) is 0 Å². The normalized spacial score (nSPS) is 19.1. The van der Waals surface area contributed by atoms with Crippen LogP contribution in [0.5, 0.6) is 0 Å². The molecule has 2 aliphatic rings. The predicted octanol–water partition coefficient (Wildman–Crippen LogP) is -1.18. The number of hydrogen-bond donors (Lipinski definition) is 2. The number of hydrogen-bond acceptors (Lipinski definition) is 12. The maximum atomic E-state index is 12.9. The molecule has 0 saturated carbocycles. The second kappa shape index (κ2) is 12.5. The molecule has 2 atom stereocenters. The average molecular weight is 597 g/mol. The van der Waals surface area contributed by atoms with Crippen LogP contribution in [-0.4, -0.2) is 88.5 Å². The zero-order valence-electron chi connectivity index (χ0n) is 22.6. The Labute approximate surface area is 252 Å². The Morgan fingerprint density at radius 1 is 1.15 bits per heavy atom. The van der Waals surface area contributed by atoms with E-state index in [1.165, 1.54) is 16.2 Å². The van der Waals surface area contributed by atoms with Crippen LogP contribution in [0.25, 0.3) is 5.57 Å². The Kier molecular flexibility index (Phi) is 10.5. The van der Waals surface area contributed by atoms with Crippen molar-refractivity contribution in [3.63, 3.8) is 0 Å². The Morgan fingerprint density at radius 2 is 1.72 bits per heavy atom. The Morgan fingerprint density at radius 3 is 2.18 bits per heavy atom. The van der Waals surface area contributed by atoms with Gasteiger partial charge in [0.05, 0.1) is 18.6 Å². The van der Waals surface area contributed by atoms with Gasteiger partial charge in [0.2, 0.25) is 16.4 Å². The fourth-order valence-electron chi connectivity index (χ4n) is 3.54. The monoisotopic (exact) mass is 596 g/mol. The van der Waals surface area contributed by atoms with Crippen molar-refractivity contribution in [1.29, 1.82) is 0 Å². The van der Waals surface area contributed by atoms with E-state index in [-0.39, 0.29) is 48.6 Å². The zero-order valence-corrected chi connectivity index (χ0v) is 26.2. The SMILES string of the molecule is CC(C)(C)OC(=O)NC(=NC[C@@H]1C(c2nccs2)=C[C@@H]2CN1C(=O)N2OS(=O)(=O)[O-])NC(=O)OC(C)(C)C.[Na+]. The number of rotatable bonds is 5. The van der Waals surface area contributed by atoms with E-state index in [4.69, 9.17) is 9.47 Å². The first-order valence-corrected chi connectivity index (χ1v) is 13.5. The smallest absolute Gasteiger partial charge is 0.724 e. The number of fused-ring (bicyclic) bond motifs is 2. The average Bonchev–Trinajstić information content (AvgIpc) is 3.33. The van der Waals surface area contributed by atoms with Crippen LogP contribution in [0.4, 0.5) is 14.4 Å². The molecule has 0 radical (unpaired) electrons. The number of carbonyl (C=O) groups excluding carboxylic acids is 3. The first kappa shape index (κ1) is 32.9. The van der Waals surface area contributed by atoms with Crippen LogP contribution in [0.3, 0.4) is 0 Å². The number of ether oxygens (including phenoxy) is 2. The number of hydroxylamine groups is 2. The van der Waals surface area contributed by atoms with Crippen LogP contribution >= 0.6 is 11.3 Å². The summed E-state index contributed by atoms with van der Waals surface area (Å²) in [5.74, 6) is -0.309. The van der Waals surface area contributed by atoms with Gasteiger partial charge in [-0.15, -0.1) is 11.3 Å². The molecule has 2 bridgehead atoms. The summed E-state index contributed by atoms with van der Waals surface area (Å²) in [4.78, 5) is 47.5. The van der Waals surface area contributed by atoms with Gasteiger partial charge in [-0.25, -0.2) is 32.8 Å². The molecule has 39 heavy (non-hydrogen) atoms. The number of aromatic nitrogens is 1. The van der Waals surface area contributed by atoms with Crippen molar-refractivity contribution in [2.24, 2.45) is 4.99 Å². The zero-order chi connectivity index (χ0) is 28.5. The minimum Gasteiger partial charge on any atom is -0.724 e. The van der Waals surface area contributed by atoms with Crippen molar-refractivity contribution in [2.45, 2.75) is 64.8 Å². The number of carbonyl (C=O) groups is 3. The summed E-state index contributed by atoms with van der Waals surface area (Å²) in [6, 6.07) is -2.56. The van der Waals surface area contributed by atoms with E-state index in [0.29, 0.717) is 15.6 Å². The summed E-state index contributed by atoms with van der Waals surface area (Å²) < 4.78 is 48.4. The summed E-state index contributed by atoms with van der Waals surface area (Å²) >= 11 is 1.26. The number of nitrogens with one attached hydrogen (secondary N) is 2. The summed E-state index contributed by atoms with van der Waals surface area (Å²) in [6.07, 6.45) is 1.31. The quantitative estimate of drug-likeness (QED) is 0.137. The predicted molar refractivity (Wildman–Crippen MR) is 133 cm³/mol. The van der Waals surface area contributed by atoms with Gasteiger partial charge >= 0.3 is 47.8 Å². The van der Waals surface area contributed by atoms with E-state index >= 15 is 0 Å². The maximum Gasteiger partial charge on any atom is 1.00 e. The fourth-order valence-corrected chi connectivity index (χ4v) is 4.62. The van der Waals surface area contributed by atoms with Gasteiger partial charge in [-0.05, 0) is 47.6 Å². The van der Waals surface area contributed by atoms with E-state index in [9.17, 15) is 27.4 Å². The van der Waals surface area contributed by atoms with E-state index < -0.39 is 51.9 Å². The topological polar surface area (TPSA) is 192 Å². The van der Waals surface area contributed by atoms with Crippen LogP contribution in [0.1, 0.15) is 46.6 Å². The third-order valence-corrected chi connectivity index (χ3v) is 5.90. The van der Waals surface area contributed by atoms with Gasteiger partial charge in [0, 0.05) is 23.7 Å². The molecule has 18 heteroatoms. The maximum absolute atomic E-state index is 12.9. The summed E-state index contributed by atoms with van der Waals surface area (Å²) in [7, 11) is -5.21. The fraction of sp³-hybridized carbons (Fsp3) is 0.571. The van der Waals surface area contributed by atoms with Crippen molar-refractivity contribution in [3.8, 4) is 0 Å². The molecule has 0 aromatic carbocycles. The van der Waals surface area contributed by atoms with E-state index in [1.807, 2.05) is 0 Å². The number of thiazole rings is 1. The molecule has 4 amide bonds. The van der Waals surface area contributed by atoms with Gasteiger partial charge < -0.3 is 18.9 Å². The van der Waals surface area contributed by atoms with Crippen molar-refractivity contribution in [1.82, 2.24) is 25.6 Å². The molecule has 1 fully saturated rings. The van der Waals surface area contributed by atoms with Gasteiger partial charge in [-0.2, -0.15) is 9.35 Å². The van der Waals surface area contributed by atoms with Gasteiger partial charge in [-0.3, -0.25) is 10.6 Å². The number of urea groups is 1. The number of alkyl carbamates (subject to hydrolysis) is 2. The van der Waals surface area contributed by atoms with Crippen LogP contribution in [0.15, 0.2) is 22.6 Å². The van der Waals surface area contributed by atoms with Crippen LogP contribution < -0.4 is 40.2 Å². The third-order valence-electron chi connectivity index (χ3n) is 4.74. The Hall–Kier alpha value is -2.28. The Balaban J connectivity index is 0.00000533. The number of amides is 4. The molecule has 15 nitrogen and oxygen atoms in total. The van der Waals surface area contributed by atoms with Gasteiger partial charge in [0.25, 0.3) is 0 Å². The molecule has 2 N–H and O–H groups in total. The van der Waals surface area contributed by atoms with E-state index in [2.05, 4.69) is 24.9 Å². The molecule has 0 spiro atoms.